The lowest BCUT2D eigenvalue weighted by Crippen LogP contribution is -2.61. The number of nitrogens with one attached hydrogen (secondary N) is 2. The molecule has 2 bridgehead atoms. The monoisotopic (exact) mass is 1590 g/mol. The fourth-order valence-electron chi connectivity index (χ4n) is 15.0. The molecule has 114 heavy (non-hydrogen) atoms. The SMILES string of the molecule is CO[C@H]1C[C@@H]2CC[C@@H](C)[C@@](O)(O2)C(=O)C(=O)N2CCCC[C@H]2C(=O)O[C@H]([C@H](C)C[C@@H]2CC[C@@H](OC(=O)CCC(=O)NCCOCCOCCOCCOCCOCCOCC(=O)NCCC(=O)N3Cc4ccccc4C#Cc4ccccc43)[C@H](OC)C2)CC(=O)[C@H](C)/C=C(\C)[C@@H](O)[C@@H](OC)C(=O)[C@H](C)C[C@H](C)/C=C/C=CC=C1C. The Bertz CT molecular complexity index is 3640. The van der Waals surface area contributed by atoms with Gasteiger partial charge >= 0.3 is 11.9 Å². The lowest BCUT2D eigenvalue weighted by Gasteiger charge is -2.42. The number of benzene rings is 2. The number of ether oxygens (including phenoxy) is 12. The summed E-state index contributed by atoms with van der Waals surface area (Å²) in [5.41, 5.74) is 4.52. The standard InChI is InChI=1S/C87H124N4O23/c1-58-20-12-11-13-21-59(2)74(103-8)54-69-31-27-64(7)87(102,114-69)84(99)85(100)90-38-19-18-26-71(90)86(101)113-75(55-72(92)60(3)51-63(6)82(98)83(105-10)81(97)62(5)50-58)61(4)52-65-28-32-73(76(53-65)104-9)112-80(96)34-33-77(93)89-37-39-106-40-41-107-42-43-108-44-45-109-46-47-110-48-49-111-57-78(94)88-36-35-79(95)91-56-68-24-15-14-22-66(68)29-30-67-23-16-17-25-70(67)91/h11-17,20-25,51,58,60-62,64-65,69,71,73-76,82-83,98,102H,18-19,26-28,31-50,52-57H2,1-10H3,(H,88,94)(H,89,93)/b13-11?,20-12+,59-21?,63-51+/t58-,60-,61-,62-,64-,65+,69+,71+,73-,74+,75+,76-,82-,83+,87-/m1/s1. The fourth-order valence-corrected chi connectivity index (χ4v) is 15.0. The summed E-state index contributed by atoms with van der Waals surface area (Å²) in [7, 11) is 4.45. The molecule has 4 N–H and O–H groups in total. The lowest BCUT2D eigenvalue weighted by molar-refractivity contribution is -0.265. The van der Waals surface area contributed by atoms with Gasteiger partial charge in [-0.1, -0.05) is 113 Å². The topological polar surface area (TPSA) is 335 Å². The number of hydrogen-bond acceptors (Lipinski definition) is 23. The van der Waals surface area contributed by atoms with Crippen LogP contribution in [-0.2, 0) is 107 Å². The molecule has 2 aromatic carbocycles. The Balaban J connectivity index is 0.778. The number of ketones is 3. The Labute approximate surface area is 672 Å². The van der Waals surface area contributed by atoms with Crippen LogP contribution in [0.4, 0.5) is 5.69 Å². The maximum absolute atomic E-state index is 14.7. The number of hydrogen-bond donors (Lipinski definition) is 4. The molecule has 0 aromatic heterocycles. The summed E-state index contributed by atoms with van der Waals surface area (Å²) < 4.78 is 69.2. The number of allylic oxidation sites excluding steroid dienone is 6. The molecule has 630 valence electrons. The number of cyclic esters (lactones) is 1. The van der Waals surface area contributed by atoms with Crippen molar-refractivity contribution >= 4 is 58.6 Å². The third kappa shape index (κ3) is 29.8. The molecule has 27 heteroatoms. The van der Waals surface area contributed by atoms with Crippen molar-refractivity contribution in [2.24, 2.45) is 35.5 Å². The molecule has 7 rings (SSSR count). The van der Waals surface area contributed by atoms with Crippen molar-refractivity contribution in [3.05, 3.63) is 113 Å². The number of rotatable bonds is 33. The van der Waals surface area contributed by atoms with Gasteiger partial charge in [0.05, 0.1) is 110 Å². The molecule has 4 amide bonds. The van der Waals surface area contributed by atoms with Crippen LogP contribution in [0.2, 0.25) is 0 Å². The van der Waals surface area contributed by atoms with Gasteiger partial charge in [0.1, 0.15) is 42.8 Å². The number of esters is 2. The van der Waals surface area contributed by atoms with E-state index in [1.807, 2.05) is 99.7 Å². The third-order valence-electron chi connectivity index (χ3n) is 21.8. The van der Waals surface area contributed by atoms with E-state index in [2.05, 4.69) is 22.5 Å². The molecule has 2 aromatic rings. The largest absolute Gasteiger partial charge is 0.460 e. The second-order valence-corrected chi connectivity index (χ2v) is 30.5. The number of methoxy groups -OCH3 is 3. The number of para-hydroxylation sites is 1. The number of Topliss-reactive ketones (excluding diaryl/α,β-unsaturated/α-hetero) is 3. The number of aliphatic hydroxyl groups is 2. The van der Waals surface area contributed by atoms with Gasteiger partial charge in [0.2, 0.25) is 23.5 Å². The Morgan fingerprint density at radius 3 is 2.00 bits per heavy atom. The van der Waals surface area contributed by atoms with Crippen LogP contribution in [0.3, 0.4) is 0 Å². The van der Waals surface area contributed by atoms with Crippen LogP contribution >= 0.6 is 0 Å². The van der Waals surface area contributed by atoms with Crippen molar-refractivity contribution in [2.45, 2.75) is 206 Å². The van der Waals surface area contributed by atoms with Gasteiger partial charge in [-0.25, -0.2) is 4.79 Å². The van der Waals surface area contributed by atoms with E-state index >= 15 is 0 Å². The van der Waals surface area contributed by atoms with E-state index in [1.54, 1.807) is 45.8 Å². The minimum absolute atomic E-state index is 0.0243. The maximum Gasteiger partial charge on any atom is 0.329 e. The van der Waals surface area contributed by atoms with Crippen LogP contribution in [0, 0.1) is 47.3 Å². The molecular weight excluding hydrogens is 1470 g/mol. The van der Waals surface area contributed by atoms with Crippen molar-refractivity contribution in [3.8, 4) is 11.8 Å². The van der Waals surface area contributed by atoms with Crippen LogP contribution < -0.4 is 15.5 Å². The molecule has 0 spiro atoms. The van der Waals surface area contributed by atoms with E-state index in [0.29, 0.717) is 116 Å². The highest BCUT2D eigenvalue weighted by molar-refractivity contribution is 6.39. The molecule has 1 saturated carbocycles. The van der Waals surface area contributed by atoms with Crippen LogP contribution in [0.1, 0.15) is 161 Å². The molecule has 4 heterocycles. The number of carbonyl (C=O) groups excluding carboxylic acids is 9. The summed E-state index contributed by atoms with van der Waals surface area (Å²) in [6.07, 6.45) is 9.44. The van der Waals surface area contributed by atoms with E-state index in [0.717, 1.165) is 32.9 Å². The van der Waals surface area contributed by atoms with E-state index in [9.17, 15) is 53.4 Å². The normalized spacial score (nSPS) is 27.5. The lowest BCUT2D eigenvalue weighted by atomic mass is 9.78. The number of piperidine rings is 1. The van der Waals surface area contributed by atoms with E-state index in [1.165, 1.54) is 14.2 Å². The third-order valence-corrected chi connectivity index (χ3v) is 21.8. The molecule has 1 aliphatic carbocycles. The van der Waals surface area contributed by atoms with Crippen molar-refractivity contribution in [2.75, 3.05) is 125 Å². The van der Waals surface area contributed by atoms with E-state index in [-0.39, 0.29) is 132 Å². The van der Waals surface area contributed by atoms with Crippen molar-refractivity contribution in [3.63, 3.8) is 0 Å². The summed E-state index contributed by atoms with van der Waals surface area (Å²) in [5, 5.41) is 29.3. The predicted molar refractivity (Wildman–Crippen MR) is 424 cm³/mol. The summed E-state index contributed by atoms with van der Waals surface area (Å²) >= 11 is 0. The molecule has 0 radical (unpaired) electrons. The summed E-state index contributed by atoms with van der Waals surface area (Å²) in [4.78, 5) is 127. The second-order valence-electron chi connectivity index (χ2n) is 30.5. The van der Waals surface area contributed by atoms with Crippen LogP contribution in [-0.4, -0.2) is 243 Å². The maximum atomic E-state index is 14.7. The highest BCUT2D eigenvalue weighted by atomic mass is 16.6. The molecule has 3 fully saturated rings. The first-order chi connectivity index (χ1) is 54.8. The summed E-state index contributed by atoms with van der Waals surface area (Å²) in [6, 6.07) is 14.1. The Kier molecular flexibility index (Phi) is 40.5. The van der Waals surface area contributed by atoms with Gasteiger partial charge in [0.15, 0.2) is 5.78 Å². The molecule has 4 aliphatic heterocycles. The first-order valence-electron chi connectivity index (χ1n) is 40.5. The van der Waals surface area contributed by atoms with Gasteiger partial charge in [0.25, 0.3) is 11.7 Å². The van der Waals surface area contributed by atoms with Crippen molar-refractivity contribution < 1.29 is 110 Å². The number of aliphatic hydroxyl groups excluding tert-OH is 1. The zero-order valence-corrected chi connectivity index (χ0v) is 68.4. The Hall–Kier alpha value is -7.69. The number of fused-ring (bicyclic) bond motifs is 5. The average Bonchev–Trinajstić information content (AvgIpc) is 0.774. The number of carbonyl (C=O) groups is 9. The van der Waals surface area contributed by atoms with Crippen molar-refractivity contribution in [1.29, 1.82) is 0 Å². The van der Waals surface area contributed by atoms with Gasteiger partial charge in [0, 0.05) is 95.5 Å². The molecule has 15 atom stereocenters. The molecule has 2 saturated heterocycles. The van der Waals surface area contributed by atoms with Crippen LogP contribution in [0.25, 0.3) is 0 Å². The summed E-state index contributed by atoms with van der Waals surface area (Å²) in [5.74, 6) is -3.78. The first-order valence-corrected chi connectivity index (χ1v) is 40.5. The Morgan fingerprint density at radius 2 is 1.32 bits per heavy atom. The zero-order chi connectivity index (χ0) is 82.5. The highest BCUT2D eigenvalue weighted by Crippen LogP contribution is 2.39. The Morgan fingerprint density at radius 1 is 0.667 bits per heavy atom. The number of nitrogens with zero attached hydrogens (tertiary/aromatic N) is 2. The van der Waals surface area contributed by atoms with Crippen LogP contribution in [0.15, 0.2) is 96.1 Å². The highest BCUT2D eigenvalue weighted by Gasteiger charge is 2.53. The first kappa shape index (κ1) is 93.5. The van der Waals surface area contributed by atoms with E-state index in [4.69, 9.17) is 56.8 Å². The van der Waals surface area contributed by atoms with Gasteiger partial charge in [-0.05, 0) is 131 Å². The fraction of sp³-hybridized carbons (Fsp3) is 0.644. The molecule has 27 nitrogen and oxygen atoms in total. The number of anilines is 1. The smallest absolute Gasteiger partial charge is 0.329 e. The molecular formula is C87H124N4O23. The second kappa shape index (κ2) is 49.4. The van der Waals surface area contributed by atoms with E-state index < -0.39 is 102 Å². The summed E-state index contributed by atoms with van der Waals surface area (Å²) in [6.45, 7) is 16.5. The quantitative estimate of drug-likeness (QED) is 0.0172. The van der Waals surface area contributed by atoms with Crippen LogP contribution in [0.5, 0.6) is 0 Å². The minimum Gasteiger partial charge on any atom is -0.460 e. The predicted octanol–water partition coefficient (Wildman–Crippen LogP) is 8.18. The minimum atomic E-state index is -2.49. The molecule has 0 unspecified atom stereocenters. The average molecular weight is 1590 g/mol. The van der Waals surface area contributed by atoms with Gasteiger partial charge < -0.3 is 87.5 Å². The number of amides is 4. The molecule has 5 aliphatic rings. The van der Waals surface area contributed by atoms with Gasteiger partial charge in [-0.3, -0.25) is 38.4 Å². The van der Waals surface area contributed by atoms with Crippen molar-refractivity contribution in [1.82, 2.24) is 15.5 Å². The van der Waals surface area contributed by atoms with Gasteiger partial charge in [-0.15, -0.1) is 0 Å². The van der Waals surface area contributed by atoms with Gasteiger partial charge in [-0.2, -0.15) is 0 Å². The zero-order valence-electron chi connectivity index (χ0n) is 68.4.